The molecule has 0 amide bonds. The maximum Gasteiger partial charge on any atom is 0.270 e. The third-order valence-corrected chi connectivity index (χ3v) is 6.81. The second kappa shape index (κ2) is 6.85. The predicted molar refractivity (Wildman–Crippen MR) is 125 cm³/mol. The van der Waals surface area contributed by atoms with E-state index in [1.165, 1.54) is 11.6 Å². The van der Waals surface area contributed by atoms with Crippen LogP contribution in [0, 0.1) is 10.1 Å². The molecular formula is C26H24N2O4. The summed E-state index contributed by atoms with van der Waals surface area (Å²) in [5.41, 5.74) is 4.17. The van der Waals surface area contributed by atoms with E-state index < -0.39 is 5.72 Å². The average molecular weight is 428 g/mol. The maximum atomic E-state index is 11.2. The molecule has 0 aliphatic carbocycles. The molecule has 0 aromatic heterocycles. The van der Waals surface area contributed by atoms with Gasteiger partial charge in [-0.2, -0.15) is 0 Å². The number of nitro groups is 1. The summed E-state index contributed by atoms with van der Waals surface area (Å²) >= 11 is 0. The van der Waals surface area contributed by atoms with Crippen LogP contribution in [0.25, 0.3) is 17.2 Å². The molecule has 0 saturated carbocycles. The molecule has 5 rings (SSSR count). The summed E-state index contributed by atoms with van der Waals surface area (Å²) < 4.78 is 11.9. The molecule has 0 unspecified atom stereocenters. The van der Waals surface area contributed by atoms with Crippen molar-refractivity contribution in [1.82, 2.24) is 0 Å². The Hall–Kier alpha value is -3.80. The van der Waals surface area contributed by atoms with E-state index in [1.807, 2.05) is 31.3 Å². The van der Waals surface area contributed by atoms with Crippen LogP contribution in [0.3, 0.4) is 0 Å². The van der Waals surface area contributed by atoms with E-state index >= 15 is 0 Å². The lowest BCUT2D eigenvalue weighted by Crippen LogP contribution is -2.58. The van der Waals surface area contributed by atoms with Gasteiger partial charge in [-0.25, -0.2) is 0 Å². The fourth-order valence-corrected chi connectivity index (χ4v) is 4.88. The largest absolute Gasteiger partial charge is 0.497 e. The number of nitrogens with zero attached hydrogens (tertiary/aromatic N) is 2. The number of rotatable bonds is 3. The van der Waals surface area contributed by atoms with Crippen molar-refractivity contribution in [3.63, 3.8) is 0 Å². The number of hydrogen-bond acceptors (Lipinski definition) is 5. The van der Waals surface area contributed by atoms with Gasteiger partial charge in [-0.15, -0.1) is 0 Å². The highest BCUT2D eigenvalue weighted by molar-refractivity contribution is 5.77. The van der Waals surface area contributed by atoms with Crippen LogP contribution in [0.4, 0.5) is 11.4 Å². The SMILES string of the molecule is COc1ccc(-c2ccc3c(c2)C(C)(C)[C@@]2(C=Cc4cc([N+](=O)[O-])ccc4O2)N3C)cc1. The van der Waals surface area contributed by atoms with Crippen molar-refractivity contribution in [2.24, 2.45) is 0 Å². The van der Waals surface area contributed by atoms with Crippen LogP contribution < -0.4 is 14.4 Å². The van der Waals surface area contributed by atoms with Crippen molar-refractivity contribution in [1.29, 1.82) is 0 Å². The normalized spacial score (nSPS) is 19.9. The zero-order valence-electron chi connectivity index (χ0n) is 18.5. The van der Waals surface area contributed by atoms with E-state index in [-0.39, 0.29) is 16.0 Å². The van der Waals surface area contributed by atoms with Crippen molar-refractivity contribution in [2.75, 3.05) is 19.1 Å². The standard InChI is InChI=1S/C26H24N2O4/c1-25(2)22-16-18(17-5-9-21(31-4)10-6-17)7-11-23(22)27(3)26(25)14-13-19-15-20(28(29)30)8-12-24(19)32-26/h5-16H,1-4H3/t26-/m0/s1. The number of non-ortho nitro benzene ring substituents is 1. The minimum atomic E-state index is -0.739. The van der Waals surface area contributed by atoms with E-state index in [0.717, 1.165) is 22.6 Å². The first-order chi connectivity index (χ1) is 15.3. The van der Waals surface area contributed by atoms with E-state index in [0.29, 0.717) is 11.3 Å². The van der Waals surface area contributed by atoms with Crippen molar-refractivity contribution < 1.29 is 14.4 Å². The van der Waals surface area contributed by atoms with Gasteiger partial charge in [0.1, 0.15) is 11.5 Å². The number of anilines is 1. The molecule has 1 atom stereocenters. The number of hydrogen-bond donors (Lipinski definition) is 0. The number of nitro benzene ring substituents is 1. The lowest BCUT2D eigenvalue weighted by atomic mass is 9.76. The van der Waals surface area contributed by atoms with Gasteiger partial charge in [0, 0.05) is 30.4 Å². The second-order valence-corrected chi connectivity index (χ2v) is 8.76. The summed E-state index contributed by atoms with van der Waals surface area (Å²) in [6, 6.07) is 19.3. The Bertz CT molecular complexity index is 1260. The van der Waals surface area contributed by atoms with Gasteiger partial charge in [-0.1, -0.05) is 18.2 Å². The highest BCUT2D eigenvalue weighted by Gasteiger charge is 2.57. The molecule has 0 N–H and O–H groups in total. The zero-order chi connectivity index (χ0) is 22.7. The van der Waals surface area contributed by atoms with Crippen molar-refractivity contribution in [3.05, 3.63) is 88.0 Å². The second-order valence-electron chi connectivity index (χ2n) is 8.76. The molecule has 3 aromatic carbocycles. The fourth-order valence-electron chi connectivity index (χ4n) is 4.88. The molecule has 2 aliphatic heterocycles. The minimum Gasteiger partial charge on any atom is -0.497 e. The Kier molecular flexibility index (Phi) is 4.31. The van der Waals surface area contributed by atoms with E-state index in [1.54, 1.807) is 19.2 Å². The minimum absolute atomic E-state index is 0.0550. The Balaban J connectivity index is 1.57. The first-order valence-electron chi connectivity index (χ1n) is 10.5. The number of fused-ring (bicyclic) bond motifs is 2. The molecule has 162 valence electrons. The lowest BCUT2D eigenvalue weighted by molar-refractivity contribution is -0.384. The van der Waals surface area contributed by atoms with Crippen LogP contribution in [-0.4, -0.2) is 24.8 Å². The van der Waals surface area contributed by atoms with Crippen LogP contribution in [0.1, 0.15) is 25.0 Å². The Morgan fingerprint density at radius 1 is 1.00 bits per heavy atom. The van der Waals surface area contributed by atoms with Crippen molar-refractivity contribution >= 4 is 17.5 Å². The summed E-state index contributed by atoms with van der Waals surface area (Å²) in [5, 5.41) is 11.2. The third kappa shape index (κ3) is 2.72. The molecule has 32 heavy (non-hydrogen) atoms. The monoisotopic (exact) mass is 428 g/mol. The molecule has 2 aliphatic rings. The summed E-state index contributed by atoms with van der Waals surface area (Å²) in [4.78, 5) is 12.9. The van der Waals surface area contributed by atoms with Gasteiger partial charge in [0.05, 0.1) is 17.4 Å². The van der Waals surface area contributed by atoms with Gasteiger partial charge in [0.25, 0.3) is 5.69 Å². The maximum absolute atomic E-state index is 11.2. The van der Waals surface area contributed by atoms with Gasteiger partial charge >= 0.3 is 0 Å². The summed E-state index contributed by atoms with van der Waals surface area (Å²) in [6.07, 6.45) is 3.95. The summed E-state index contributed by atoms with van der Waals surface area (Å²) in [7, 11) is 3.69. The first-order valence-corrected chi connectivity index (χ1v) is 10.5. The average Bonchev–Trinajstić information content (AvgIpc) is 2.96. The molecule has 1 spiro atoms. The summed E-state index contributed by atoms with van der Waals surface area (Å²) in [6.45, 7) is 4.35. The molecule has 0 radical (unpaired) electrons. The highest BCUT2D eigenvalue weighted by atomic mass is 16.6. The van der Waals surface area contributed by atoms with Crippen LogP contribution in [0.5, 0.6) is 11.5 Å². The van der Waals surface area contributed by atoms with Gasteiger partial charge in [-0.3, -0.25) is 10.1 Å². The molecular weight excluding hydrogens is 404 g/mol. The van der Waals surface area contributed by atoms with Gasteiger partial charge < -0.3 is 14.4 Å². The van der Waals surface area contributed by atoms with Gasteiger partial charge in [0.2, 0.25) is 5.72 Å². The molecule has 6 heteroatoms. The molecule has 0 fully saturated rings. The van der Waals surface area contributed by atoms with E-state index in [4.69, 9.17) is 9.47 Å². The van der Waals surface area contributed by atoms with Gasteiger partial charge in [0.15, 0.2) is 0 Å². The van der Waals surface area contributed by atoms with Gasteiger partial charge in [-0.05, 0) is 73.0 Å². The van der Waals surface area contributed by atoms with Crippen LogP contribution in [0.2, 0.25) is 0 Å². The topological polar surface area (TPSA) is 64.8 Å². The van der Waals surface area contributed by atoms with Crippen LogP contribution >= 0.6 is 0 Å². The predicted octanol–water partition coefficient (Wildman–Crippen LogP) is 5.80. The number of benzene rings is 3. The number of likely N-dealkylation sites (N-methyl/N-ethyl adjacent to an activating group) is 1. The number of methoxy groups -OCH3 is 1. The zero-order valence-corrected chi connectivity index (χ0v) is 18.5. The molecule has 3 aromatic rings. The number of ether oxygens (including phenoxy) is 2. The Labute approximate surface area is 186 Å². The fraction of sp³-hybridized carbons (Fsp3) is 0.231. The molecule has 2 heterocycles. The Morgan fingerprint density at radius 2 is 1.72 bits per heavy atom. The highest BCUT2D eigenvalue weighted by Crippen LogP contribution is 2.55. The Morgan fingerprint density at radius 3 is 2.41 bits per heavy atom. The molecule has 0 bridgehead atoms. The van der Waals surface area contributed by atoms with Crippen LogP contribution in [0.15, 0.2) is 66.7 Å². The summed E-state index contributed by atoms with van der Waals surface area (Å²) in [5.74, 6) is 1.47. The molecule has 0 saturated heterocycles. The third-order valence-electron chi connectivity index (χ3n) is 6.81. The first kappa shape index (κ1) is 20.1. The quantitative estimate of drug-likeness (QED) is 0.390. The van der Waals surface area contributed by atoms with Crippen LogP contribution in [-0.2, 0) is 5.41 Å². The lowest BCUT2D eigenvalue weighted by Gasteiger charge is -2.45. The van der Waals surface area contributed by atoms with Crippen molar-refractivity contribution in [3.8, 4) is 22.6 Å². The van der Waals surface area contributed by atoms with E-state index in [9.17, 15) is 10.1 Å². The smallest absolute Gasteiger partial charge is 0.270 e. The van der Waals surface area contributed by atoms with Crippen molar-refractivity contribution in [2.45, 2.75) is 25.0 Å². The van der Waals surface area contributed by atoms with E-state index in [2.05, 4.69) is 49.1 Å². The molecule has 6 nitrogen and oxygen atoms in total.